The molecule has 158 valence electrons. The molecule has 1 heterocycles. The molecular weight excluding hydrogens is 384 g/mol. The van der Waals surface area contributed by atoms with Gasteiger partial charge in [0.05, 0.1) is 18.8 Å². The summed E-state index contributed by atoms with van der Waals surface area (Å²) in [4.78, 5) is 38.3. The van der Waals surface area contributed by atoms with E-state index in [4.69, 9.17) is 9.47 Å². The Balaban J connectivity index is 1.51. The number of carbonyl (C=O) groups is 3. The van der Waals surface area contributed by atoms with Crippen LogP contribution in [0, 0.1) is 0 Å². The molecule has 1 N–H and O–H groups in total. The highest BCUT2D eigenvalue weighted by atomic mass is 16.5. The molecule has 1 saturated heterocycles. The monoisotopic (exact) mass is 410 g/mol. The number of morpholine rings is 1. The Hall–Kier alpha value is -3.03. The lowest BCUT2D eigenvalue weighted by Crippen LogP contribution is -2.35. The minimum Gasteiger partial charge on any atom is -0.449 e. The molecule has 1 amide bonds. The van der Waals surface area contributed by atoms with E-state index in [9.17, 15) is 14.4 Å². The second-order valence-electron chi connectivity index (χ2n) is 7.26. The lowest BCUT2D eigenvalue weighted by atomic mass is 10.1. The number of carbonyl (C=O) groups excluding carboxylic acids is 3. The lowest BCUT2D eigenvalue weighted by molar-refractivity contribution is -0.123. The molecule has 30 heavy (non-hydrogen) atoms. The molecule has 2 aromatic rings. The maximum atomic E-state index is 12.4. The normalized spacial score (nSPS) is 15.3. The predicted molar refractivity (Wildman–Crippen MR) is 112 cm³/mol. The Morgan fingerprint density at radius 3 is 2.20 bits per heavy atom. The molecule has 7 heteroatoms. The first-order valence-electron chi connectivity index (χ1n) is 9.94. The Morgan fingerprint density at radius 1 is 1.00 bits per heavy atom. The fraction of sp³-hybridized carbons (Fsp3) is 0.348. The molecule has 0 unspecified atom stereocenters. The summed E-state index contributed by atoms with van der Waals surface area (Å²) in [5.74, 6) is -1.04. The van der Waals surface area contributed by atoms with E-state index < -0.39 is 18.0 Å². The quantitative estimate of drug-likeness (QED) is 0.558. The average Bonchev–Trinajstić information content (AvgIpc) is 2.75. The Kier molecular flexibility index (Phi) is 7.32. The van der Waals surface area contributed by atoms with Gasteiger partial charge in [0.25, 0.3) is 5.91 Å². The molecule has 1 aliphatic rings. The van der Waals surface area contributed by atoms with Gasteiger partial charge in [-0.3, -0.25) is 14.5 Å². The summed E-state index contributed by atoms with van der Waals surface area (Å²) in [7, 11) is 0. The van der Waals surface area contributed by atoms with Gasteiger partial charge in [0.15, 0.2) is 11.9 Å². The highest BCUT2D eigenvalue weighted by Gasteiger charge is 2.19. The number of nitrogens with zero attached hydrogens (tertiary/aromatic N) is 1. The first-order valence-corrected chi connectivity index (χ1v) is 9.94. The highest BCUT2D eigenvalue weighted by molar-refractivity contribution is 5.98. The van der Waals surface area contributed by atoms with Crippen molar-refractivity contribution in [1.29, 1.82) is 0 Å². The molecule has 0 aliphatic carbocycles. The first kappa shape index (κ1) is 21.7. The molecule has 0 spiro atoms. The van der Waals surface area contributed by atoms with Gasteiger partial charge >= 0.3 is 5.97 Å². The number of nitrogens with one attached hydrogen (secondary N) is 1. The number of benzene rings is 2. The minimum absolute atomic E-state index is 0.0499. The van der Waals surface area contributed by atoms with E-state index in [-0.39, 0.29) is 5.78 Å². The van der Waals surface area contributed by atoms with Gasteiger partial charge in [-0.15, -0.1) is 0 Å². The summed E-state index contributed by atoms with van der Waals surface area (Å²) in [5.41, 5.74) is 2.59. The fourth-order valence-corrected chi connectivity index (χ4v) is 3.08. The molecule has 3 rings (SSSR count). The number of rotatable bonds is 7. The van der Waals surface area contributed by atoms with E-state index in [1.54, 1.807) is 36.4 Å². The Morgan fingerprint density at radius 2 is 1.60 bits per heavy atom. The van der Waals surface area contributed by atoms with Crippen LogP contribution in [0.3, 0.4) is 0 Å². The van der Waals surface area contributed by atoms with E-state index >= 15 is 0 Å². The SMILES string of the molecule is CC(=O)c1ccc(NC(=O)[C@H](C)OC(=O)c2ccc(CN3CCOCC3)cc2)cc1. The average molecular weight is 410 g/mol. The number of hydrogen-bond donors (Lipinski definition) is 1. The molecule has 7 nitrogen and oxygen atoms in total. The molecule has 1 fully saturated rings. The zero-order valence-corrected chi connectivity index (χ0v) is 17.2. The van der Waals surface area contributed by atoms with E-state index in [0.717, 1.165) is 38.4 Å². The van der Waals surface area contributed by atoms with Crippen LogP contribution in [0.2, 0.25) is 0 Å². The van der Waals surface area contributed by atoms with Gasteiger partial charge in [-0.2, -0.15) is 0 Å². The second-order valence-corrected chi connectivity index (χ2v) is 7.26. The number of amides is 1. The molecule has 1 aliphatic heterocycles. The zero-order chi connectivity index (χ0) is 21.5. The van der Waals surface area contributed by atoms with Crippen molar-refractivity contribution in [2.24, 2.45) is 0 Å². The Labute approximate surface area is 176 Å². The largest absolute Gasteiger partial charge is 0.449 e. The van der Waals surface area contributed by atoms with Gasteiger partial charge in [0, 0.05) is 30.9 Å². The summed E-state index contributed by atoms with van der Waals surface area (Å²) in [5, 5.41) is 2.68. The van der Waals surface area contributed by atoms with E-state index in [2.05, 4.69) is 10.2 Å². The third-order valence-corrected chi connectivity index (χ3v) is 4.91. The van der Waals surface area contributed by atoms with E-state index in [1.165, 1.54) is 13.8 Å². The van der Waals surface area contributed by atoms with Crippen LogP contribution < -0.4 is 5.32 Å². The predicted octanol–water partition coefficient (Wildman–Crippen LogP) is 2.91. The molecule has 2 aromatic carbocycles. The van der Waals surface area contributed by atoms with Gasteiger partial charge in [-0.25, -0.2) is 4.79 Å². The van der Waals surface area contributed by atoms with Crippen molar-refractivity contribution in [2.75, 3.05) is 31.6 Å². The van der Waals surface area contributed by atoms with Crippen molar-refractivity contribution >= 4 is 23.3 Å². The molecular formula is C23H26N2O5. The van der Waals surface area contributed by atoms with Crippen LogP contribution in [-0.4, -0.2) is 55.0 Å². The van der Waals surface area contributed by atoms with Crippen molar-refractivity contribution < 1.29 is 23.9 Å². The minimum atomic E-state index is -0.960. The van der Waals surface area contributed by atoms with E-state index in [0.29, 0.717) is 16.8 Å². The van der Waals surface area contributed by atoms with Gasteiger partial charge in [0.2, 0.25) is 0 Å². The molecule has 1 atom stereocenters. The van der Waals surface area contributed by atoms with Crippen LogP contribution in [0.25, 0.3) is 0 Å². The summed E-state index contributed by atoms with van der Waals surface area (Å²) < 4.78 is 10.6. The van der Waals surface area contributed by atoms with Crippen molar-refractivity contribution in [3.05, 3.63) is 65.2 Å². The van der Waals surface area contributed by atoms with Gasteiger partial charge < -0.3 is 14.8 Å². The van der Waals surface area contributed by atoms with Crippen molar-refractivity contribution in [1.82, 2.24) is 4.90 Å². The standard InChI is InChI=1S/C23H26N2O5/c1-16(26)19-7-9-21(10-8-19)24-22(27)17(2)30-23(28)20-5-3-18(4-6-20)15-25-11-13-29-14-12-25/h3-10,17H,11-15H2,1-2H3,(H,24,27)/t17-/m0/s1. The van der Waals surface area contributed by atoms with Crippen LogP contribution >= 0.6 is 0 Å². The summed E-state index contributed by atoms with van der Waals surface area (Å²) in [6.45, 7) is 7.08. The number of Topliss-reactive ketones (excluding diaryl/α,β-unsaturated/α-hetero) is 1. The summed E-state index contributed by atoms with van der Waals surface area (Å²) >= 11 is 0. The molecule has 0 radical (unpaired) electrons. The van der Waals surface area contributed by atoms with Crippen molar-refractivity contribution in [3.63, 3.8) is 0 Å². The summed E-state index contributed by atoms with van der Waals surface area (Å²) in [6.07, 6.45) is -0.960. The smallest absolute Gasteiger partial charge is 0.338 e. The van der Waals surface area contributed by atoms with Crippen molar-refractivity contribution in [2.45, 2.75) is 26.5 Å². The number of anilines is 1. The molecule has 0 aromatic heterocycles. The van der Waals surface area contributed by atoms with Crippen LogP contribution in [0.4, 0.5) is 5.69 Å². The van der Waals surface area contributed by atoms with Crippen LogP contribution in [-0.2, 0) is 20.8 Å². The third kappa shape index (κ3) is 5.98. The lowest BCUT2D eigenvalue weighted by Gasteiger charge is -2.26. The number of esters is 1. The zero-order valence-electron chi connectivity index (χ0n) is 17.2. The first-order chi connectivity index (χ1) is 14.4. The molecule has 0 saturated carbocycles. The second kappa shape index (κ2) is 10.1. The van der Waals surface area contributed by atoms with E-state index in [1.807, 2.05) is 12.1 Å². The van der Waals surface area contributed by atoms with Gasteiger partial charge in [-0.1, -0.05) is 12.1 Å². The molecule has 0 bridgehead atoms. The summed E-state index contributed by atoms with van der Waals surface area (Å²) in [6, 6.07) is 13.8. The van der Waals surface area contributed by atoms with Gasteiger partial charge in [0.1, 0.15) is 0 Å². The van der Waals surface area contributed by atoms with Crippen LogP contribution in [0.1, 0.15) is 40.1 Å². The maximum Gasteiger partial charge on any atom is 0.338 e. The Bertz CT molecular complexity index is 887. The maximum absolute atomic E-state index is 12.4. The highest BCUT2D eigenvalue weighted by Crippen LogP contribution is 2.13. The van der Waals surface area contributed by atoms with Crippen molar-refractivity contribution in [3.8, 4) is 0 Å². The number of ketones is 1. The van der Waals surface area contributed by atoms with Crippen LogP contribution in [0.15, 0.2) is 48.5 Å². The third-order valence-electron chi connectivity index (χ3n) is 4.91. The number of hydrogen-bond acceptors (Lipinski definition) is 6. The fourth-order valence-electron chi connectivity index (χ4n) is 3.08. The number of ether oxygens (including phenoxy) is 2. The van der Waals surface area contributed by atoms with Crippen LogP contribution in [0.5, 0.6) is 0 Å². The topological polar surface area (TPSA) is 84.9 Å². The van der Waals surface area contributed by atoms with Gasteiger partial charge in [-0.05, 0) is 55.8 Å².